The first-order valence-electron chi connectivity index (χ1n) is 7.26. The molecular weight excluding hydrogens is 266 g/mol. The number of hydrogen-bond donors (Lipinski definition) is 0. The number of hydrogen-bond acceptors (Lipinski definition) is 2. The predicted octanol–water partition coefficient (Wildman–Crippen LogP) is 3.23. The van der Waals surface area contributed by atoms with Crippen molar-refractivity contribution in [2.75, 3.05) is 5.75 Å². The summed E-state index contributed by atoms with van der Waals surface area (Å²) in [5, 5.41) is 0. The maximum absolute atomic E-state index is 12.2. The van der Waals surface area contributed by atoms with Gasteiger partial charge in [-0.1, -0.05) is 24.3 Å². The molecule has 0 bridgehead atoms. The lowest BCUT2D eigenvalue weighted by Gasteiger charge is -2.16. The molecule has 1 unspecified atom stereocenters. The lowest BCUT2D eigenvalue weighted by atomic mass is 10.0. The number of thioether (sulfide) groups is 1. The van der Waals surface area contributed by atoms with Gasteiger partial charge in [0.1, 0.15) is 0 Å². The van der Waals surface area contributed by atoms with Gasteiger partial charge in [-0.05, 0) is 36.5 Å². The van der Waals surface area contributed by atoms with E-state index in [0.29, 0.717) is 5.92 Å². The maximum atomic E-state index is 12.2. The Balaban J connectivity index is 1.72. The van der Waals surface area contributed by atoms with E-state index in [1.54, 1.807) is 6.07 Å². The van der Waals surface area contributed by atoms with Gasteiger partial charge in [-0.2, -0.15) is 0 Å². The molecule has 1 aromatic carbocycles. The van der Waals surface area contributed by atoms with E-state index in [0.717, 1.165) is 25.1 Å². The van der Waals surface area contributed by atoms with E-state index in [-0.39, 0.29) is 5.56 Å². The minimum Gasteiger partial charge on any atom is -0.312 e. The van der Waals surface area contributed by atoms with Crippen LogP contribution in [0.3, 0.4) is 0 Å². The standard InChI is InChI=1S/C17H17NOS/c19-17-9-8-12-4-3-6-15(12)18(17)10-13-11-20-16-7-2-1-5-14(13)16/h1-2,5,7-9,13H,3-4,6,10-11H2. The zero-order valence-electron chi connectivity index (χ0n) is 11.3. The molecule has 4 rings (SSSR count). The molecule has 0 fully saturated rings. The highest BCUT2D eigenvalue weighted by Gasteiger charge is 2.25. The molecule has 2 heterocycles. The van der Waals surface area contributed by atoms with Crippen LogP contribution in [-0.4, -0.2) is 10.3 Å². The summed E-state index contributed by atoms with van der Waals surface area (Å²) in [4.78, 5) is 13.6. The lowest BCUT2D eigenvalue weighted by Crippen LogP contribution is -2.25. The Bertz CT molecular complexity index is 719. The fraction of sp³-hybridized carbons (Fsp3) is 0.353. The molecule has 1 aliphatic carbocycles. The fourth-order valence-electron chi connectivity index (χ4n) is 3.43. The Morgan fingerprint density at radius 1 is 1.15 bits per heavy atom. The second-order valence-corrected chi connectivity index (χ2v) is 6.72. The highest BCUT2D eigenvalue weighted by Crippen LogP contribution is 2.40. The summed E-state index contributed by atoms with van der Waals surface area (Å²) in [6, 6.07) is 12.4. The molecule has 102 valence electrons. The Kier molecular flexibility index (Phi) is 2.95. The van der Waals surface area contributed by atoms with Crippen LogP contribution in [0.4, 0.5) is 0 Å². The van der Waals surface area contributed by atoms with Gasteiger partial charge in [0.2, 0.25) is 0 Å². The smallest absolute Gasteiger partial charge is 0.250 e. The third-order valence-corrected chi connectivity index (χ3v) is 5.70. The summed E-state index contributed by atoms with van der Waals surface area (Å²) in [6.45, 7) is 0.839. The van der Waals surface area contributed by atoms with Crippen LogP contribution in [-0.2, 0) is 19.4 Å². The van der Waals surface area contributed by atoms with Gasteiger partial charge in [0.15, 0.2) is 0 Å². The number of fused-ring (bicyclic) bond motifs is 2. The summed E-state index contributed by atoms with van der Waals surface area (Å²) >= 11 is 1.92. The average molecular weight is 283 g/mol. The molecule has 1 atom stereocenters. The van der Waals surface area contributed by atoms with E-state index in [1.165, 1.54) is 28.1 Å². The van der Waals surface area contributed by atoms with Crippen LogP contribution in [0.5, 0.6) is 0 Å². The van der Waals surface area contributed by atoms with Crippen LogP contribution >= 0.6 is 11.8 Å². The number of nitrogens with zero attached hydrogens (tertiary/aromatic N) is 1. The summed E-state index contributed by atoms with van der Waals surface area (Å²) in [5.74, 6) is 1.57. The first-order valence-corrected chi connectivity index (χ1v) is 8.25. The van der Waals surface area contributed by atoms with Crippen molar-refractivity contribution >= 4 is 11.8 Å². The van der Waals surface area contributed by atoms with Crippen LogP contribution in [0.1, 0.15) is 29.2 Å². The molecule has 0 saturated carbocycles. The topological polar surface area (TPSA) is 22.0 Å². The Morgan fingerprint density at radius 3 is 3.00 bits per heavy atom. The van der Waals surface area contributed by atoms with Crippen molar-refractivity contribution in [3.05, 3.63) is 63.6 Å². The fourth-order valence-corrected chi connectivity index (χ4v) is 4.68. The van der Waals surface area contributed by atoms with Crippen LogP contribution in [0, 0.1) is 0 Å². The van der Waals surface area contributed by atoms with E-state index >= 15 is 0 Å². The van der Waals surface area contributed by atoms with Crippen molar-refractivity contribution in [2.24, 2.45) is 0 Å². The molecule has 3 heteroatoms. The molecule has 0 saturated heterocycles. The first kappa shape index (κ1) is 12.3. The number of benzene rings is 1. The van der Waals surface area contributed by atoms with Crippen molar-refractivity contribution in [1.29, 1.82) is 0 Å². The summed E-state index contributed by atoms with van der Waals surface area (Å²) in [6.07, 6.45) is 3.38. The molecule has 0 amide bonds. The molecule has 20 heavy (non-hydrogen) atoms. The molecule has 0 spiro atoms. The van der Waals surface area contributed by atoms with Gasteiger partial charge in [-0.25, -0.2) is 0 Å². The van der Waals surface area contributed by atoms with Gasteiger partial charge in [-0.15, -0.1) is 11.8 Å². The van der Waals surface area contributed by atoms with Crippen molar-refractivity contribution < 1.29 is 0 Å². The lowest BCUT2D eigenvalue weighted by molar-refractivity contribution is 0.567. The van der Waals surface area contributed by atoms with Crippen molar-refractivity contribution in [2.45, 2.75) is 36.6 Å². The van der Waals surface area contributed by atoms with Gasteiger partial charge < -0.3 is 4.57 Å². The normalized spacial score (nSPS) is 19.9. The van der Waals surface area contributed by atoms with Crippen molar-refractivity contribution in [3.63, 3.8) is 0 Å². The van der Waals surface area contributed by atoms with Crippen molar-refractivity contribution in [1.82, 2.24) is 4.57 Å². The summed E-state index contributed by atoms with van der Waals surface area (Å²) in [5.41, 5.74) is 4.25. The molecular formula is C17H17NOS. The highest BCUT2D eigenvalue weighted by molar-refractivity contribution is 7.99. The van der Waals surface area contributed by atoms with E-state index in [1.807, 2.05) is 22.4 Å². The molecule has 1 aliphatic heterocycles. The van der Waals surface area contributed by atoms with Gasteiger partial charge in [-0.3, -0.25) is 4.79 Å². The molecule has 0 N–H and O–H groups in total. The Labute approximate surface area is 122 Å². The second-order valence-electron chi connectivity index (χ2n) is 5.65. The number of aryl methyl sites for hydroxylation is 1. The zero-order valence-corrected chi connectivity index (χ0v) is 12.2. The molecule has 2 aromatic rings. The number of rotatable bonds is 2. The van der Waals surface area contributed by atoms with Crippen molar-refractivity contribution in [3.8, 4) is 0 Å². The van der Waals surface area contributed by atoms with Crippen LogP contribution in [0.15, 0.2) is 46.1 Å². The van der Waals surface area contributed by atoms with E-state index in [2.05, 4.69) is 24.3 Å². The van der Waals surface area contributed by atoms with E-state index in [9.17, 15) is 4.79 Å². The van der Waals surface area contributed by atoms with Crippen LogP contribution < -0.4 is 5.56 Å². The van der Waals surface area contributed by atoms with Gasteiger partial charge in [0.05, 0.1) is 0 Å². The maximum Gasteiger partial charge on any atom is 0.250 e. The van der Waals surface area contributed by atoms with E-state index < -0.39 is 0 Å². The molecule has 1 aromatic heterocycles. The van der Waals surface area contributed by atoms with Gasteiger partial charge in [0, 0.05) is 34.9 Å². The van der Waals surface area contributed by atoms with Gasteiger partial charge in [0.25, 0.3) is 5.56 Å². The van der Waals surface area contributed by atoms with Crippen LogP contribution in [0.2, 0.25) is 0 Å². The zero-order chi connectivity index (χ0) is 13.5. The average Bonchev–Trinajstić information content (AvgIpc) is 3.09. The third-order valence-electron chi connectivity index (χ3n) is 4.45. The number of pyridine rings is 1. The molecule has 0 radical (unpaired) electrons. The summed E-state index contributed by atoms with van der Waals surface area (Å²) < 4.78 is 2.04. The Morgan fingerprint density at radius 2 is 2.05 bits per heavy atom. The largest absolute Gasteiger partial charge is 0.312 e. The first-order chi connectivity index (χ1) is 9.83. The molecule has 2 aliphatic rings. The molecule has 2 nitrogen and oxygen atoms in total. The third kappa shape index (κ3) is 1.92. The van der Waals surface area contributed by atoms with Gasteiger partial charge >= 0.3 is 0 Å². The highest BCUT2D eigenvalue weighted by atomic mass is 32.2. The monoisotopic (exact) mass is 283 g/mol. The quantitative estimate of drug-likeness (QED) is 0.844. The van der Waals surface area contributed by atoms with E-state index in [4.69, 9.17) is 0 Å². The minimum atomic E-state index is 0.167. The van der Waals surface area contributed by atoms with Crippen LogP contribution in [0.25, 0.3) is 0 Å². The minimum absolute atomic E-state index is 0.167. The second kappa shape index (κ2) is 4.81. The Hall–Kier alpha value is -1.48. The number of aromatic nitrogens is 1. The SMILES string of the molecule is O=c1ccc2c(n1CC1CSc3ccccc31)CCC2. The summed E-state index contributed by atoms with van der Waals surface area (Å²) in [7, 11) is 0. The predicted molar refractivity (Wildman–Crippen MR) is 82.6 cm³/mol.